The molecule has 0 amide bonds. The summed E-state index contributed by atoms with van der Waals surface area (Å²) in [6.45, 7) is 5.98. The van der Waals surface area contributed by atoms with Crippen LogP contribution in [0.3, 0.4) is 0 Å². The van der Waals surface area contributed by atoms with Crippen LogP contribution in [0.5, 0.6) is 0 Å². The highest BCUT2D eigenvalue weighted by Gasteiger charge is 2.39. The summed E-state index contributed by atoms with van der Waals surface area (Å²) >= 11 is 0. The second kappa shape index (κ2) is 4.76. The molecule has 5 heteroatoms. The minimum Gasteiger partial charge on any atom is -0.492 e. The molecule has 2 saturated heterocycles. The van der Waals surface area contributed by atoms with Crippen LogP contribution in [-0.2, 0) is 4.74 Å². The number of ether oxygens (including phenoxy) is 1. The number of fused-ring (bicyclic) bond motifs is 1. The molecule has 0 bridgehead atoms. The van der Waals surface area contributed by atoms with Crippen molar-refractivity contribution in [1.29, 1.82) is 0 Å². The van der Waals surface area contributed by atoms with Crippen molar-refractivity contribution in [3.63, 3.8) is 0 Å². The maximum absolute atomic E-state index is 6.07. The van der Waals surface area contributed by atoms with Gasteiger partial charge in [0.15, 0.2) is 0 Å². The predicted octanol–water partition coefficient (Wildman–Crippen LogP) is 3.01. The summed E-state index contributed by atoms with van der Waals surface area (Å²) in [7, 11) is 0. The second-order valence-corrected chi connectivity index (χ2v) is 6.10. The molecule has 0 radical (unpaired) electrons. The zero-order valence-electron chi connectivity index (χ0n) is 12.1. The first-order chi connectivity index (χ1) is 10.3. The van der Waals surface area contributed by atoms with Crippen molar-refractivity contribution in [1.82, 2.24) is 15.0 Å². The third kappa shape index (κ3) is 2.17. The van der Waals surface area contributed by atoms with Crippen LogP contribution in [0, 0.1) is 0 Å². The zero-order chi connectivity index (χ0) is 14.3. The SMILES string of the molecule is C=C1CCC2(CCCN(c3ncnc4[nH]ccc34)CC2)O1. The van der Waals surface area contributed by atoms with Crippen LogP contribution in [0.25, 0.3) is 11.0 Å². The van der Waals surface area contributed by atoms with Crippen molar-refractivity contribution < 1.29 is 4.74 Å². The van der Waals surface area contributed by atoms with Gasteiger partial charge >= 0.3 is 0 Å². The van der Waals surface area contributed by atoms with Gasteiger partial charge in [-0.2, -0.15) is 0 Å². The van der Waals surface area contributed by atoms with Gasteiger partial charge in [0.2, 0.25) is 0 Å². The molecule has 1 atom stereocenters. The molecule has 2 fully saturated rings. The summed E-state index contributed by atoms with van der Waals surface area (Å²) in [5.41, 5.74) is 0.931. The summed E-state index contributed by atoms with van der Waals surface area (Å²) < 4.78 is 6.07. The Bertz CT molecular complexity index is 680. The van der Waals surface area contributed by atoms with E-state index >= 15 is 0 Å². The fourth-order valence-electron chi connectivity index (χ4n) is 3.62. The van der Waals surface area contributed by atoms with Crippen LogP contribution in [-0.4, -0.2) is 33.6 Å². The van der Waals surface area contributed by atoms with Gasteiger partial charge in [-0.3, -0.25) is 0 Å². The van der Waals surface area contributed by atoms with Crippen molar-refractivity contribution in [3.05, 3.63) is 30.9 Å². The Morgan fingerprint density at radius 1 is 1.24 bits per heavy atom. The molecule has 4 heterocycles. The van der Waals surface area contributed by atoms with Crippen LogP contribution in [0.15, 0.2) is 30.9 Å². The molecule has 1 unspecified atom stereocenters. The van der Waals surface area contributed by atoms with E-state index in [1.165, 1.54) is 0 Å². The van der Waals surface area contributed by atoms with E-state index in [4.69, 9.17) is 4.74 Å². The van der Waals surface area contributed by atoms with Gasteiger partial charge in [-0.25, -0.2) is 9.97 Å². The molecule has 4 rings (SSSR count). The van der Waals surface area contributed by atoms with E-state index in [1.807, 2.05) is 6.20 Å². The Hall–Kier alpha value is -2.04. The second-order valence-electron chi connectivity index (χ2n) is 6.10. The molecule has 5 nitrogen and oxygen atoms in total. The molecule has 1 spiro atoms. The number of anilines is 1. The number of nitrogens with zero attached hydrogens (tertiary/aromatic N) is 3. The molecular weight excluding hydrogens is 264 g/mol. The first-order valence-corrected chi connectivity index (χ1v) is 7.66. The number of aromatic nitrogens is 3. The number of allylic oxidation sites excluding steroid dienone is 1. The number of H-pyrrole nitrogens is 1. The fourth-order valence-corrected chi connectivity index (χ4v) is 3.62. The van der Waals surface area contributed by atoms with E-state index in [-0.39, 0.29) is 5.60 Å². The summed E-state index contributed by atoms with van der Waals surface area (Å²) in [4.78, 5) is 14.3. The Morgan fingerprint density at radius 3 is 3.05 bits per heavy atom. The molecule has 1 N–H and O–H groups in total. The van der Waals surface area contributed by atoms with Gasteiger partial charge in [0, 0.05) is 32.1 Å². The number of rotatable bonds is 1. The molecular formula is C16H20N4O. The van der Waals surface area contributed by atoms with Gasteiger partial charge in [-0.15, -0.1) is 0 Å². The minimum atomic E-state index is 0.0239. The third-order valence-corrected chi connectivity index (χ3v) is 4.75. The molecule has 2 aromatic heterocycles. The number of aromatic amines is 1. The van der Waals surface area contributed by atoms with Crippen molar-refractivity contribution in [2.45, 2.75) is 37.7 Å². The van der Waals surface area contributed by atoms with E-state index in [1.54, 1.807) is 6.33 Å². The van der Waals surface area contributed by atoms with Crippen molar-refractivity contribution in [2.24, 2.45) is 0 Å². The van der Waals surface area contributed by atoms with Crippen LogP contribution in [0.1, 0.15) is 32.1 Å². The maximum Gasteiger partial charge on any atom is 0.142 e. The van der Waals surface area contributed by atoms with Crippen molar-refractivity contribution in [3.8, 4) is 0 Å². The monoisotopic (exact) mass is 284 g/mol. The maximum atomic E-state index is 6.07. The highest BCUT2D eigenvalue weighted by atomic mass is 16.5. The quantitative estimate of drug-likeness (QED) is 0.874. The smallest absolute Gasteiger partial charge is 0.142 e. The lowest BCUT2D eigenvalue weighted by Crippen LogP contribution is -2.30. The van der Waals surface area contributed by atoms with Crippen molar-refractivity contribution in [2.75, 3.05) is 18.0 Å². The van der Waals surface area contributed by atoms with E-state index in [9.17, 15) is 0 Å². The molecule has 110 valence electrons. The Labute approximate surface area is 124 Å². The van der Waals surface area contributed by atoms with E-state index < -0.39 is 0 Å². The lowest BCUT2D eigenvalue weighted by molar-refractivity contribution is 0.0293. The molecule has 0 aromatic carbocycles. The normalized spacial score (nSPS) is 26.3. The van der Waals surface area contributed by atoms with Gasteiger partial charge in [0.25, 0.3) is 0 Å². The highest BCUT2D eigenvalue weighted by Crippen LogP contribution is 2.40. The fraction of sp³-hybridized carbons (Fsp3) is 0.500. The Morgan fingerprint density at radius 2 is 2.19 bits per heavy atom. The van der Waals surface area contributed by atoms with Gasteiger partial charge < -0.3 is 14.6 Å². The zero-order valence-corrected chi connectivity index (χ0v) is 12.1. The largest absolute Gasteiger partial charge is 0.492 e. The summed E-state index contributed by atoms with van der Waals surface area (Å²) in [5, 5.41) is 1.10. The lowest BCUT2D eigenvalue weighted by Gasteiger charge is -2.27. The molecule has 21 heavy (non-hydrogen) atoms. The van der Waals surface area contributed by atoms with Gasteiger partial charge in [0.05, 0.1) is 11.1 Å². The Balaban J connectivity index is 1.60. The van der Waals surface area contributed by atoms with Crippen LogP contribution in [0.4, 0.5) is 5.82 Å². The number of hydrogen-bond donors (Lipinski definition) is 1. The van der Waals surface area contributed by atoms with E-state index in [0.29, 0.717) is 0 Å². The van der Waals surface area contributed by atoms with Gasteiger partial charge in [-0.1, -0.05) is 6.58 Å². The van der Waals surface area contributed by atoms with Crippen LogP contribution < -0.4 is 4.90 Å². The third-order valence-electron chi connectivity index (χ3n) is 4.75. The molecule has 2 aliphatic heterocycles. The van der Waals surface area contributed by atoms with Crippen LogP contribution >= 0.6 is 0 Å². The molecule has 0 aliphatic carbocycles. The average molecular weight is 284 g/mol. The standard InChI is InChI=1S/C16H20N4O/c1-12-3-6-16(21-12)5-2-9-20(10-7-16)15-13-4-8-17-14(13)18-11-19-15/h4,8,11H,1-3,5-7,9-10H2,(H,17,18,19). The van der Waals surface area contributed by atoms with E-state index in [2.05, 4.69) is 32.5 Å². The summed E-state index contributed by atoms with van der Waals surface area (Å²) in [6, 6.07) is 2.05. The van der Waals surface area contributed by atoms with Crippen molar-refractivity contribution >= 4 is 16.9 Å². The topological polar surface area (TPSA) is 54.0 Å². The van der Waals surface area contributed by atoms with E-state index in [0.717, 1.165) is 67.8 Å². The number of hydrogen-bond acceptors (Lipinski definition) is 4. The Kier molecular flexibility index (Phi) is 2.87. The predicted molar refractivity (Wildman–Crippen MR) is 82.1 cm³/mol. The average Bonchev–Trinajstić information content (AvgIpc) is 3.04. The van der Waals surface area contributed by atoms with Gasteiger partial charge in [0.1, 0.15) is 23.4 Å². The first-order valence-electron chi connectivity index (χ1n) is 7.66. The van der Waals surface area contributed by atoms with Crippen LogP contribution in [0.2, 0.25) is 0 Å². The summed E-state index contributed by atoms with van der Waals surface area (Å²) in [6.07, 6.45) is 8.97. The number of nitrogens with one attached hydrogen (secondary N) is 1. The molecule has 2 aromatic rings. The molecule has 2 aliphatic rings. The lowest BCUT2D eigenvalue weighted by atomic mass is 9.92. The first kappa shape index (κ1) is 12.7. The van der Waals surface area contributed by atoms with Gasteiger partial charge in [-0.05, 0) is 25.3 Å². The highest BCUT2D eigenvalue weighted by molar-refractivity contribution is 5.87. The minimum absolute atomic E-state index is 0.0239. The summed E-state index contributed by atoms with van der Waals surface area (Å²) in [5.74, 6) is 1.99. The molecule has 0 saturated carbocycles.